The molecule has 0 unspecified atom stereocenters. The zero-order valence-corrected chi connectivity index (χ0v) is 6.53. The molecule has 0 aromatic heterocycles. The van der Waals surface area contributed by atoms with Crippen molar-refractivity contribution in [2.24, 2.45) is 0 Å². The Labute approximate surface area is 69.6 Å². The van der Waals surface area contributed by atoms with Crippen LogP contribution in [-0.2, 0) is 0 Å². The Kier molecular flexibility index (Phi) is 2.19. The Morgan fingerprint density at radius 1 is 1.58 bits per heavy atom. The minimum absolute atomic E-state index is 0.0469. The molecule has 0 heterocycles. The summed E-state index contributed by atoms with van der Waals surface area (Å²) in [5.41, 5.74) is 5.50. The van der Waals surface area contributed by atoms with Crippen LogP contribution in [0.2, 0.25) is 0 Å². The first kappa shape index (κ1) is 8.39. The third-order valence-electron chi connectivity index (χ3n) is 1.48. The molecule has 4 heteroatoms. The monoisotopic (exact) mass is 166 g/mol. The minimum atomic E-state index is -1.30. The molecule has 0 atom stereocenters. The number of carboxylic acids is 1. The molecule has 2 N–H and O–H groups in total. The van der Waals surface area contributed by atoms with Crippen LogP contribution in [0.15, 0.2) is 18.2 Å². The van der Waals surface area contributed by atoms with E-state index in [9.17, 15) is 9.90 Å². The summed E-state index contributed by atoms with van der Waals surface area (Å²) in [7, 11) is 1.45. The van der Waals surface area contributed by atoms with Gasteiger partial charge in [0.15, 0.2) is 0 Å². The summed E-state index contributed by atoms with van der Waals surface area (Å²) in [6.45, 7) is 0. The van der Waals surface area contributed by atoms with Gasteiger partial charge in [0.05, 0.1) is 13.1 Å². The molecular weight excluding hydrogens is 158 g/mol. The van der Waals surface area contributed by atoms with Crippen molar-refractivity contribution in [1.29, 1.82) is 0 Å². The minimum Gasteiger partial charge on any atom is -0.545 e. The highest BCUT2D eigenvalue weighted by Crippen LogP contribution is 2.18. The largest absolute Gasteiger partial charge is 0.545 e. The van der Waals surface area contributed by atoms with E-state index in [1.165, 1.54) is 19.2 Å². The van der Waals surface area contributed by atoms with E-state index in [2.05, 4.69) is 0 Å². The molecule has 0 amide bonds. The molecule has 0 bridgehead atoms. The summed E-state index contributed by atoms with van der Waals surface area (Å²) in [5.74, 6) is -0.852. The number of rotatable bonds is 2. The molecule has 1 aromatic carbocycles. The zero-order valence-electron chi connectivity index (χ0n) is 6.53. The Hall–Kier alpha value is -1.71. The van der Waals surface area contributed by atoms with Crippen LogP contribution in [0.5, 0.6) is 5.75 Å². The van der Waals surface area contributed by atoms with Gasteiger partial charge in [0.2, 0.25) is 0 Å². The van der Waals surface area contributed by atoms with Crippen LogP contribution in [0.25, 0.3) is 0 Å². The molecule has 64 valence electrons. The lowest BCUT2D eigenvalue weighted by Crippen LogP contribution is -2.23. The van der Waals surface area contributed by atoms with E-state index in [-0.39, 0.29) is 11.3 Å². The van der Waals surface area contributed by atoms with Gasteiger partial charge >= 0.3 is 0 Å². The standard InChI is InChI=1S/C8H9NO3/c1-12-5-2-3-7(9)6(4-5)8(10)11/h2-4H,9H2,1H3,(H,10,11)/p-1. The molecule has 0 aliphatic rings. The number of nitrogen functional groups attached to an aromatic ring is 1. The Morgan fingerprint density at radius 2 is 2.25 bits per heavy atom. The molecule has 1 rings (SSSR count). The lowest BCUT2D eigenvalue weighted by atomic mass is 10.2. The van der Waals surface area contributed by atoms with Crippen molar-refractivity contribution < 1.29 is 14.6 Å². The molecule has 0 aliphatic carbocycles. The number of carbonyl (C=O) groups is 1. The number of methoxy groups -OCH3 is 1. The molecule has 0 spiro atoms. The molecule has 0 radical (unpaired) electrons. The first-order valence-electron chi connectivity index (χ1n) is 3.30. The van der Waals surface area contributed by atoms with E-state index in [1.54, 1.807) is 6.07 Å². The van der Waals surface area contributed by atoms with E-state index in [4.69, 9.17) is 10.5 Å². The van der Waals surface area contributed by atoms with E-state index in [0.29, 0.717) is 5.75 Å². The van der Waals surface area contributed by atoms with Gasteiger partial charge in [0.1, 0.15) is 5.75 Å². The third kappa shape index (κ3) is 1.47. The predicted molar refractivity (Wildman–Crippen MR) is 41.7 cm³/mol. The second-order valence-corrected chi connectivity index (χ2v) is 2.24. The molecule has 1 aromatic rings. The molecule has 12 heavy (non-hydrogen) atoms. The van der Waals surface area contributed by atoms with Gasteiger partial charge in [0.25, 0.3) is 0 Å². The van der Waals surface area contributed by atoms with Gasteiger partial charge in [-0.25, -0.2) is 0 Å². The summed E-state index contributed by atoms with van der Waals surface area (Å²) in [4.78, 5) is 10.4. The molecular formula is C8H8NO3-. The fourth-order valence-electron chi connectivity index (χ4n) is 0.839. The van der Waals surface area contributed by atoms with Crippen LogP contribution in [0, 0.1) is 0 Å². The highest BCUT2D eigenvalue weighted by molar-refractivity contribution is 5.92. The number of aromatic carboxylic acids is 1. The average molecular weight is 166 g/mol. The van der Waals surface area contributed by atoms with Crippen LogP contribution in [0.3, 0.4) is 0 Å². The maximum absolute atomic E-state index is 10.4. The number of hydrogen-bond acceptors (Lipinski definition) is 4. The normalized spacial score (nSPS) is 9.42. The van der Waals surface area contributed by atoms with Crippen molar-refractivity contribution in [1.82, 2.24) is 0 Å². The number of carbonyl (C=O) groups excluding carboxylic acids is 1. The molecule has 0 fully saturated rings. The fraction of sp³-hybridized carbons (Fsp3) is 0.125. The van der Waals surface area contributed by atoms with Gasteiger partial charge in [-0.2, -0.15) is 0 Å². The molecule has 4 nitrogen and oxygen atoms in total. The van der Waals surface area contributed by atoms with Gasteiger partial charge in [-0.3, -0.25) is 0 Å². The Morgan fingerprint density at radius 3 is 2.75 bits per heavy atom. The van der Waals surface area contributed by atoms with Crippen molar-refractivity contribution in [3.8, 4) is 5.75 Å². The van der Waals surface area contributed by atoms with Crippen molar-refractivity contribution >= 4 is 11.7 Å². The van der Waals surface area contributed by atoms with Crippen LogP contribution < -0.4 is 15.6 Å². The zero-order chi connectivity index (χ0) is 9.14. The lowest BCUT2D eigenvalue weighted by Gasteiger charge is -2.07. The first-order chi connectivity index (χ1) is 5.65. The maximum Gasteiger partial charge on any atom is 0.119 e. The van der Waals surface area contributed by atoms with E-state index < -0.39 is 5.97 Å². The highest BCUT2D eigenvalue weighted by Gasteiger charge is 2.01. The quantitative estimate of drug-likeness (QED) is 0.609. The van der Waals surface area contributed by atoms with Crippen molar-refractivity contribution in [3.05, 3.63) is 23.8 Å². The number of hydrogen-bond donors (Lipinski definition) is 1. The topological polar surface area (TPSA) is 75.4 Å². The summed E-state index contributed by atoms with van der Waals surface area (Å²) >= 11 is 0. The third-order valence-corrected chi connectivity index (χ3v) is 1.48. The smallest absolute Gasteiger partial charge is 0.119 e. The van der Waals surface area contributed by atoms with Gasteiger partial charge in [0, 0.05) is 11.3 Å². The SMILES string of the molecule is COc1ccc(N)c(C(=O)[O-])c1. The van der Waals surface area contributed by atoms with Crippen molar-refractivity contribution in [2.75, 3.05) is 12.8 Å². The lowest BCUT2D eigenvalue weighted by molar-refractivity contribution is -0.254. The number of anilines is 1. The summed E-state index contributed by atoms with van der Waals surface area (Å²) in [6.07, 6.45) is 0. The molecule has 0 aliphatic heterocycles. The van der Waals surface area contributed by atoms with Crippen molar-refractivity contribution in [2.45, 2.75) is 0 Å². The van der Waals surface area contributed by atoms with Crippen LogP contribution >= 0.6 is 0 Å². The average Bonchev–Trinajstić information content (AvgIpc) is 2.05. The molecule has 0 saturated carbocycles. The van der Waals surface area contributed by atoms with E-state index in [0.717, 1.165) is 0 Å². The van der Waals surface area contributed by atoms with E-state index in [1.807, 2.05) is 0 Å². The first-order valence-corrected chi connectivity index (χ1v) is 3.30. The summed E-state index contributed by atoms with van der Waals surface area (Å²) in [6, 6.07) is 4.37. The maximum atomic E-state index is 10.4. The number of ether oxygens (including phenoxy) is 1. The number of carboxylic acid groups (broad SMARTS) is 1. The van der Waals surface area contributed by atoms with Gasteiger partial charge in [-0.15, -0.1) is 0 Å². The van der Waals surface area contributed by atoms with Gasteiger partial charge < -0.3 is 20.4 Å². The van der Waals surface area contributed by atoms with Crippen LogP contribution in [0.4, 0.5) is 5.69 Å². The van der Waals surface area contributed by atoms with Crippen LogP contribution in [-0.4, -0.2) is 13.1 Å². The summed E-state index contributed by atoms with van der Waals surface area (Å²) < 4.78 is 4.81. The predicted octanol–water partition coefficient (Wildman–Crippen LogP) is -0.359. The number of nitrogens with two attached hydrogens (primary N) is 1. The fourth-order valence-corrected chi connectivity index (χ4v) is 0.839. The van der Waals surface area contributed by atoms with Gasteiger partial charge in [-0.05, 0) is 18.2 Å². The second kappa shape index (κ2) is 3.13. The summed E-state index contributed by atoms with van der Waals surface area (Å²) in [5, 5.41) is 10.4. The second-order valence-electron chi connectivity index (χ2n) is 2.24. The Bertz CT molecular complexity index is 309. The Balaban J connectivity index is 3.17. The number of benzene rings is 1. The van der Waals surface area contributed by atoms with Gasteiger partial charge in [-0.1, -0.05) is 0 Å². The van der Waals surface area contributed by atoms with E-state index >= 15 is 0 Å². The molecule has 0 saturated heterocycles. The van der Waals surface area contributed by atoms with Crippen LogP contribution in [0.1, 0.15) is 10.4 Å². The van der Waals surface area contributed by atoms with Crippen molar-refractivity contribution in [3.63, 3.8) is 0 Å². The highest BCUT2D eigenvalue weighted by atomic mass is 16.5.